The van der Waals surface area contributed by atoms with Gasteiger partial charge in [0, 0.05) is 25.2 Å². The molecular weight excluding hydrogens is 332 g/mol. The molecule has 0 saturated carbocycles. The van der Waals surface area contributed by atoms with Crippen molar-refractivity contribution in [2.45, 2.75) is 65.3 Å². The summed E-state index contributed by atoms with van der Waals surface area (Å²) in [5, 5.41) is 26.5. The van der Waals surface area contributed by atoms with E-state index in [1.54, 1.807) is 0 Å². The predicted molar refractivity (Wildman–Crippen MR) is 105 cm³/mol. The number of rotatable bonds is 13. The van der Waals surface area contributed by atoms with Crippen LogP contribution in [0.4, 0.5) is 0 Å². The number of aliphatic hydroxyl groups excluding tert-OH is 2. The van der Waals surface area contributed by atoms with Crippen LogP contribution in [0.5, 0.6) is 11.5 Å². The molecule has 0 radical (unpaired) electrons. The fraction of sp³-hybridized carbons (Fsp3) is 0.700. The van der Waals surface area contributed by atoms with E-state index < -0.39 is 12.2 Å². The molecular formula is C20H36N2O4. The summed E-state index contributed by atoms with van der Waals surface area (Å²) >= 11 is 0. The van der Waals surface area contributed by atoms with Gasteiger partial charge in [0.1, 0.15) is 25.4 Å². The van der Waals surface area contributed by atoms with Gasteiger partial charge in [0.25, 0.3) is 0 Å². The van der Waals surface area contributed by atoms with Crippen molar-refractivity contribution in [1.82, 2.24) is 10.6 Å². The molecule has 150 valence electrons. The first-order valence-electron chi connectivity index (χ1n) is 9.53. The van der Waals surface area contributed by atoms with Crippen molar-refractivity contribution in [1.29, 1.82) is 0 Å². The normalized spacial score (nSPS) is 13.9. The molecule has 6 nitrogen and oxygen atoms in total. The van der Waals surface area contributed by atoms with E-state index in [0.29, 0.717) is 36.7 Å². The van der Waals surface area contributed by atoms with Gasteiger partial charge in [0.05, 0.1) is 0 Å². The Kier molecular flexibility index (Phi) is 10.6. The van der Waals surface area contributed by atoms with E-state index >= 15 is 0 Å². The number of hydrogen-bond donors (Lipinski definition) is 4. The molecule has 0 aliphatic carbocycles. The van der Waals surface area contributed by atoms with Gasteiger partial charge in [-0.2, -0.15) is 0 Å². The first-order chi connectivity index (χ1) is 12.3. The van der Waals surface area contributed by atoms with Gasteiger partial charge in [-0.05, 0) is 18.1 Å². The van der Waals surface area contributed by atoms with Crippen molar-refractivity contribution >= 4 is 0 Å². The number of ether oxygens (including phenoxy) is 2. The first kappa shape index (κ1) is 22.7. The Bertz CT molecular complexity index is 509. The van der Waals surface area contributed by atoms with Gasteiger partial charge in [-0.1, -0.05) is 46.8 Å². The summed E-state index contributed by atoms with van der Waals surface area (Å²) in [6.45, 7) is 11.5. The molecule has 2 unspecified atom stereocenters. The summed E-state index contributed by atoms with van der Waals surface area (Å²) in [7, 11) is 0. The van der Waals surface area contributed by atoms with Crippen LogP contribution in [0.25, 0.3) is 0 Å². The van der Waals surface area contributed by atoms with Gasteiger partial charge in [0.15, 0.2) is 11.5 Å². The molecule has 0 heterocycles. The van der Waals surface area contributed by atoms with Gasteiger partial charge in [-0.25, -0.2) is 0 Å². The molecule has 1 aromatic rings. The zero-order chi connectivity index (χ0) is 19.5. The molecule has 0 aliphatic rings. The van der Waals surface area contributed by atoms with Crippen molar-refractivity contribution in [3.05, 3.63) is 23.8 Å². The first-order valence-corrected chi connectivity index (χ1v) is 9.53. The van der Waals surface area contributed by atoms with E-state index in [1.165, 1.54) is 0 Å². The SMILES string of the molecule is CCc1cccc(OCC(O)CNC(C)C)c1OCC(O)CNC(C)C. The Morgan fingerprint density at radius 2 is 1.42 bits per heavy atom. The minimum Gasteiger partial charge on any atom is -0.487 e. The number of nitrogens with one attached hydrogen (secondary N) is 2. The summed E-state index contributed by atoms with van der Waals surface area (Å²) in [5.74, 6) is 1.24. The van der Waals surface area contributed by atoms with E-state index in [0.717, 1.165) is 12.0 Å². The monoisotopic (exact) mass is 368 g/mol. The molecule has 0 spiro atoms. The van der Waals surface area contributed by atoms with Crippen LogP contribution in [0, 0.1) is 0 Å². The van der Waals surface area contributed by atoms with Gasteiger partial charge in [0.2, 0.25) is 0 Å². The molecule has 0 fully saturated rings. The van der Waals surface area contributed by atoms with Crippen molar-refractivity contribution in [3.63, 3.8) is 0 Å². The molecule has 0 bridgehead atoms. The summed E-state index contributed by atoms with van der Waals surface area (Å²) in [4.78, 5) is 0. The number of para-hydroxylation sites is 1. The highest BCUT2D eigenvalue weighted by atomic mass is 16.5. The largest absolute Gasteiger partial charge is 0.487 e. The van der Waals surface area contributed by atoms with Gasteiger partial charge < -0.3 is 30.3 Å². The lowest BCUT2D eigenvalue weighted by atomic mass is 10.1. The molecule has 0 saturated heterocycles. The number of aryl methyl sites for hydroxylation is 1. The quantitative estimate of drug-likeness (QED) is 0.424. The highest BCUT2D eigenvalue weighted by Gasteiger charge is 2.15. The second-order valence-electron chi connectivity index (χ2n) is 7.15. The lowest BCUT2D eigenvalue weighted by molar-refractivity contribution is 0.0905. The summed E-state index contributed by atoms with van der Waals surface area (Å²) in [6.07, 6.45) is -0.406. The molecule has 6 heteroatoms. The fourth-order valence-corrected chi connectivity index (χ4v) is 2.34. The Morgan fingerprint density at radius 1 is 0.885 bits per heavy atom. The summed E-state index contributed by atoms with van der Waals surface area (Å²) in [6, 6.07) is 6.35. The molecule has 0 aliphatic heterocycles. The topological polar surface area (TPSA) is 83.0 Å². The van der Waals surface area contributed by atoms with Crippen LogP contribution < -0.4 is 20.1 Å². The minimum absolute atomic E-state index is 0.181. The highest BCUT2D eigenvalue weighted by Crippen LogP contribution is 2.32. The molecule has 1 rings (SSSR count). The average Bonchev–Trinajstić information content (AvgIpc) is 2.61. The van der Waals surface area contributed by atoms with Gasteiger partial charge >= 0.3 is 0 Å². The summed E-state index contributed by atoms with van der Waals surface area (Å²) in [5.41, 5.74) is 1.02. The van der Waals surface area contributed by atoms with Crippen LogP contribution in [0.3, 0.4) is 0 Å². The van der Waals surface area contributed by atoms with Crippen LogP contribution in [0.15, 0.2) is 18.2 Å². The maximum atomic E-state index is 10.1. The van der Waals surface area contributed by atoms with Gasteiger partial charge in [-0.3, -0.25) is 0 Å². The molecule has 0 amide bonds. The minimum atomic E-state index is -0.601. The molecule has 4 N–H and O–H groups in total. The molecule has 26 heavy (non-hydrogen) atoms. The molecule has 1 aromatic carbocycles. The van der Waals surface area contributed by atoms with Gasteiger partial charge in [-0.15, -0.1) is 0 Å². The zero-order valence-corrected chi connectivity index (χ0v) is 16.8. The Labute approximate surface area is 157 Å². The Morgan fingerprint density at radius 3 is 1.92 bits per heavy atom. The number of aliphatic hydroxyl groups is 2. The van der Waals surface area contributed by atoms with Crippen LogP contribution in [0.1, 0.15) is 40.2 Å². The lowest BCUT2D eigenvalue weighted by Crippen LogP contribution is -2.35. The third-order valence-corrected chi connectivity index (χ3v) is 3.82. The van der Waals surface area contributed by atoms with E-state index in [1.807, 2.05) is 52.8 Å². The Balaban J connectivity index is 2.65. The second kappa shape index (κ2) is 12.1. The van der Waals surface area contributed by atoms with Crippen LogP contribution >= 0.6 is 0 Å². The maximum Gasteiger partial charge on any atom is 0.164 e. The number of hydrogen-bond acceptors (Lipinski definition) is 6. The standard InChI is InChI=1S/C20H36N2O4/c1-6-16-8-7-9-19(25-12-17(23)10-21-14(2)3)20(16)26-13-18(24)11-22-15(4)5/h7-9,14-15,17-18,21-24H,6,10-13H2,1-5H3. The van der Waals surface area contributed by atoms with E-state index in [9.17, 15) is 10.2 Å². The maximum absolute atomic E-state index is 10.1. The van der Waals surface area contributed by atoms with Crippen molar-refractivity contribution < 1.29 is 19.7 Å². The van der Waals surface area contributed by atoms with Crippen LogP contribution in [-0.2, 0) is 6.42 Å². The van der Waals surface area contributed by atoms with Crippen molar-refractivity contribution in [2.75, 3.05) is 26.3 Å². The predicted octanol–water partition coefficient (Wildman–Crippen LogP) is 1.72. The summed E-state index contributed by atoms with van der Waals surface area (Å²) < 4.78 is 11.7. The van der Waals surface area contributed by atoms with E-state index in [-0.39, 0.29) is 13.2 Å². The second-order valence-corrected chi connectivity index (χ2v) is 7.15. The van der Waals surface area contributed by atoms with Crippen LogP contribution in [0.2, 0.25) is 0 Å². The fourth-order valence-electron chi connectivity index (χ4n) is 2.34. The number of benzene rings is 1. The smallest absolute Gasteiger partial charge is 0.164 e. The zero-order valence-electron chi connectivity index (χ0n) is 16.8. The Hall–Kier alpha value is -1.34. The third kappa shape index (κ3) is 8.85. The van der Waals surface area contributed by atoms with Crippen molar-refractivity contribution in [2.24, 2.45) is 0 Å². The van der Waals surface area contributed by atoms with Crippen LogP contribution in [-0.4, -0.2) is 60.8 Å². The third-order valence-electron chi connectivity index (χ3n) is 3.82. The highest BCUT2D eigenvalue weighted by molar-refractivity contribution is 5.46. The lowest BCUT2D eigenvalue weighted by Gasteiger charge is -2.20. The molecule has 0 aromatic heterocycles. The average molecular weight is 369 g/mol. The van der Waals surface area contributed by atoms with Crippen molar-refractivity contribution in [3.8, 4) is 11.5 Å². The van der Waals surface area contributed by atoms with E-state index in [2.05, 4.69) is 10.6 Å². The van der Waals surface area contributed by atoms with E-state index in [4.69, 9.17) is 9.47 Å². The molecule has 2 atom stereocenters.